The highest BCUT2D eigenvalue weighted by atomic mass is 15.3. The van der Waals surface area contributed by atoms with Gasteiger partial charge in [-0.25, -0.2) is 0 Å². The molecular formula is C18H26N2. The van der Waals surface area contributed by atoms with Gasteiger partial charge in [0.1, 0.15) is 0 Å². The standard InChI is InChI=1S/C18H26N2/c1-5-16(6-2)20-13-17(14(3)4)19-12-18(20)15-10-8-7-9-11-15/h1,7-11,14,16-19H,6,12-13H2,2-4H3. The summed E-state index contributed by atoms with van der Waals surface area (Å²) < 4.78 is 0. The van der Waals surface area contributed by atoms with E-state index < -0.39 is 0 Å². The van der Waals surface area contributed by atoms with E-state index in [1.807, 2.05) is 0 Å². The molecule has 0 saturated carbocycles. The normalized spacial score (nSPS) is 25.4. The fourth-order valence-corrected chi connectivity index (χ4v) is 3.02. The third-order valence-corrected chi connectivity index (χ3v) is 4.35. The molecule has 3 unspecified atom stereocenters. The first kappa shape index (κ1) is 15.1. The molecule has 1 aromatic rings. The van der Waals surface area contributed by atoms with Crippen LogP contribution in [0.5, 0.6) is 0 Å². The zero-order chi connectivity index (χ0) is 14.5. The Balaban J connectivity index is 2.24. The Labute approximate surface area is 123 Å². The SMILES string of the molecule is C#CC(CC)N1CC(C(C)C)NCC1c1ccccc1. The number of hydrogen-bond acceptors (Lipinski definition) is 2. The fourth-order valence-electron chi connectivity index (χ4n) is 3.02. The van der Waals surface area contributed by atoms with Gasteiger partial charge in [0.05, 0.1) is 6.04 Å². The van der Waals surface area contributed by atoms with Crippen LogP contribution in [-0.4, -0.2) is 30.1 Å². The molecule has 1 aliphatic heterocycles. The van der Waals surface area contributed by atoms with Crippen LogP contribution < -0.4 is 5.32 Å². The minimum absolute atomic E-state index is 0.226. The van der Waals surface area contributed by atoms with E-state index in [2.05, 4.69) is 67.2 Å². The first-order valence-corrected chi connectivity index (χ1v) is 7.67. The molecule has 0 aliphatic carbocycles. The van der Waals surface area contributed by atoms with E-state index in [9.17, 15) is 0 Å². The summed E-state index contributed by atoms with van der Waals surface area (Å²) in [6.07, 6.45) is 6.77. The van der Waals surface area contributed by atoms with Gasteiger partial charge in [-0.2, -0.15) is 0 Å². The van der Waals surface area contributed by atoms with Crippen molar-refractivity contribution in [3.8, 4) is 12.3 Å². The highest BCUT2D eigenvalue weighted by molar-refractivity contribution is 5.21. The van der Waals surface area contributed by atoms with E-state index in [1.54, 1.807) is 0 Å². The summed E-state index contributed by atoms with van der Waals surface area (Å²) >= 11 is 0. The lowest BCUT2D eigenvalue weighted by Gasteiger charge is -2.44. The number of hydrogen-bond donors (Lipinski definition) is 1. The van der Waals surface area contributed by atoms with Crippen LogP contribution in [0.15, 0.2) is 30.3 Å². The zero-order valence-electron chi connectivity index (χ0n) is 12.8. The average Bonchev–Trinajstić information content (AvgIpc) is 2.49. The van der Waals surface area contributed by atoms with Gasteiger partial charge < -0.3 is 5.32 Å². The molecule has 2 heteroatoms. The summed E-state index contributed by atoms with van der Waals surface area (Å²) in [6.45, 7) is 8.73. The van der Waals surface area contributed by atoms with Crippen LogP contribution in [0.3, 0.4) is 0 Å². The Bertz CT molecular complexity index is 446. The van der Waals surface area contributed by atoms with Crippen LogP contribution in [0.25, 0.3) is 0 Å². The Hall–Kier alpha value is -1.30. The third-order valence-electron chi connectivity index (χ3n) is 4.35. The van der Waals surface area contributed by atoms with Crippen LogP contribution in [0.1, 0.15) is 38.8 Å². The molecule has 1 fully saturated rings. The monoisotopic (exact) mass is 270 g/mol. The van der Waals surface area contributed by atoms with Crippen LogP contribution in [0.4, 0.5) is 0 Å². The molecule has 2 rings (SSSR count). The third kappa shape index (κ3) is 3.23. The predicted octanol–water partition coefficient (Wildman–Crippen LogP) is 3.07. The summed E-state index contributed by atoms with van der Waals surface area (Å²) in [5.41, 5.74) is 1.36. The molecule has 108 valence electrons. The lowest BCUT2D eigenvalue weighted by Crippen LogP contribution is -2.56. The first-order valence-electron chi connectivity index (χ1n) is 7.67. The number of terminal acetylenes is 1. The molecule has 0 bridgehead atoms. The maximum atomic E-state index is 5.76. The van der Waals surface area contributed by atoms with Crippen molar-refractivity contribution in [2.45, 2.75) is 45.3 Å². The molecule has 1 saturated heterocycles. The van der Waals surface area contributed by atoms with E-state index in [-0.39, 0.29) is 6.04 Å². The van der Waals surface area contributed by atoms with Gasteiger partial charge >= 0.3 is 0 Å². The van der Waals surface area contributed by atoms with Gasteiger partial charge in [0, 0.05) is 25.2 Å². The molecule has 3 atom stereocenters. The number of rotatable bonds is 4. The maximum Gasteiger partial charge on any atom is 0.0715 e. The molecule has 1 aliphatic rings. The molecule has 0 aromatic heterocycles. The van der Waals surface area contributed by atoms with Crippen LogP contribution in [-0.2, 0) is 0 Å². The van der Waals surface area contributed by atoms with Gasteiger partial charge in [-0.15, -0.1) is 6.42 Å². The van der Waals surface area contributed by atoms with Gasteiger partial charge in [-0.05, 0) is 17.9 Å². The second kappa shape index (κ2) is 6.92. The largest absolute Gasteiger partial charge is 0.311 e. The topological polar surface area (TPSA) is 15.3 Å². The molecule has 2 nitrogen and oxygen atoms in total. The van der Waals surface area contributed by atoms with E-state index in [1.165, 1.54) is 5.56 Å². The van der Waals surface area contributed by atoms with Crippen LogP contribution in [0.2, 0.25) is 0 Å². The smallest absolute Gasteiger partial charge is 0.0715 e. The Morgan fingerprint density at radius 2 is 2.05 bits per heavy atom. The second-order valence-electron chi connectivity index (χ2n) is 5.97. The van der Waals surface area contributed by atoms with Gasteiger partial charge in [0.15, 0.2) is 0 Å². The van der Waals surface area contributed by atoms with E-state index >= 15 is 0 Å². The van der Waals surface area contributed by atoms with Crippen molar-refractivity contribution < 1.29 is 0 Å². The fraction of sp³-hybridized carbons (Fsp3) is 0.556. The Morgan fingerprint density at radius 3 is 2.60 bits per heavy atom. The highest BCUT2D eigenvalue weighted by Gasteiger charge is 2.33. The van der Waals surface area contributed by atoms with Crippen molar-refractivity contribution in [2.75, 3.05) is 13.1 Å². The molecule has 0 spiro atoms. The minimum atomic E-state index is 0.226. The lowest BCUT2D eigenvalue weighted by molar-refractivity contribution is 0.0889. The van der Waals surface area contributed by atoms with Gasteiger partial charge in [-0.3, -0.25) is 4.90 Å². The molecule has 1 heterocycles. The summed E-state index contributed by atoms with van der Waals surface area (Å²) in [5.74, 6) is 3.61. The van der Waals surface area contributed by atoms with Crippen molar-refractivity contribution in [3.05, 3.63) is 35.9 Å². The zero-order valence-corrected chi connectivity index (χ0v) is 12.8. The van der Waals surface area contributed by atoms with Crippen LogP contribution in [0, 0.1) is 18.3 Å². The number of nitrogens with zero attached hydrogens (tertiary/aromatic N) is 1. The van der Waals surface area contributed by atoms with Crippen molar-refractivity contribution in [1.82, 2.24) is 10.2 Å². The van der Waals surface area contributed by atoms with Crippen molar-refractivity contribution in [3.63, 3.8) is 0 Å². The molecule has 1 N–H and O–H groups in total. The Kier molecular flexibility index (Phi) is 5.23. The van der Waals surface area contributed by atoms with Gasteiger partial charge in [0.2, 0.25) is 0 Å². The van der Waals surface area contributed by atoms with Gasteiger partial charge in [0.25, 0.3) is 0 Å². The van der Waals surface area contributed by atoms with E-state index in [4.69, 9.17) is 6.42 Å². The number of nitrogens with one attached hydrogen (secondary N) is 1. The summed E-state index contributed by atoms with van der Waals surface area (Å²) in [5, 5.41) is 3.69. The summed E-state index contributed by atoms with van der Waals surface area (Å²) in [6, 6.07) is 11.8. The van der Waals surface area contributed by atoms with Crippen molar-refractivity contribution in [1.29, 1.82) is 0 Å². The van der Waals surface area contributed by atoms with Crippen molar-refractivity contribution in [2.24, 2.45) is 5.92 Å². The maximum absolute atomic E-state index is 5.76. The summed E-state index contributed by atoms with van der Waals surface area (Å²) in [4.78, 5) is 2.51. The molecule has 20 heavy (non-hydrogen) atoms. The minimum Gasteiger partial charge on any atom is -0.311 e. The van der Waals surface area contributed by atoms with Crippen molar-refractivity contribution >= 4 is 0 Å². The molecule has 1 aromatic carbocycles. The molecule has 0 radical (unpaired) electrons. The summed E-state index contributed by atoms with van der Waals surface area (Å²) in [7, 11) is 0. The molecule has 0 amide bonds. The second-order valence-corrected chi connectivity index (χ2v) is 5.97. The number of benzene rings is 1. The predicted molar refractivity (Wildman–Crippen MR) is 85.4 cm³/mol. The van der Waals surface area contributed by atoms with Crippen LogP contribution >= 0.6 is 0 Å². The Morgan fingerprint density at radius 1 is 1.35 bits per heavy atom. The average molecular weight is 270 g/mol. The quantitative estimate of drug-likeness (QED) is 0.846. The molecular weight excluding hydrogens is 244 g/mol. The number of piperazine rings is 1. The lowest BCUT2D eigenvalue weighted by atomic mass is 9.94. The van der Waals surface area contributed by atoms with E-state index in [0.717, 1.165) is 19.5 Å². The van der Waals surface area contributed by atoms with E-state index in [0.29, 0.717) is 18.0 Å². The highest BCUT2D eigenvalue weighted by Crippen LogP contribution is 2.28. The first-order chi connectivity index (χ1) is 9.67. The van der Waals surface area contributed by atoms with Gasteiger partial charge in [-0.1, -0.05) is 57.0 Å².